The van der Waals surface area contributed by atoms with E-state index in [2.05, 4.69) is 38.3 Å². The Labute approximate surface area is 188 Å². The first-order chi connectivity index (χ1) is 16.1. The summed E-state index contributed by atoms with van der Waals surface area (Å²) in [5, 5.41) is 17.1. The molecule has 1 aliphatic heterocycles. The number of aryl methyl sites for hydroxylation is 2. The van der Waals surface area contributed by atoms with E-state index in [4.69, 9.17) is 9.52 Å². The fraction of sp³-hybridized carbons (Fsp3) is 0.273. The fourth-order valence-corrected chi connectivity index (χ4v) is 4.39. The number of imidazole rings is 1. The number of aromatic amines is 1. The number of amides is 1. The lowest BCUT2D eigenvalue weighted by atomic mass is 9.99. The van der Waals surface area contributed by atoms with Gasteiger partial charge in [-0.2, -0.15) is 10.2 Å². The summed E-state index contributed by atoms with van der Waals surface area (Å²) in [6.45, 7) is 2.58. The van der Waals surface area contributed by atoms with Crippen LogP contribution in [0.25, 0.3) is 17.1 Å². The first-order valence-electron chi connectivity index (χ1n) is 10.8. The quantitative estimate of drug-likeness (QED) is 0.452. The lowest BCUT2D eigenvalue weighted by molar-refractivity contribution is 0.0646. The Morgan fingerprint density at radius 3 is 2.97 bits per heavy atom. The maximum Gasteiger partial charge on any atom is 0.312 e. The molecule has 1 atom stereocenters. The number of H-pyrrole nitrogens is 1. The number of fused-ring (bicyclic) bond motifs is 2. The van der Waals surface area contributed by atoms with E-state index in [1.165, 1.54) is 5.56 Å². The minimum absolute atomic E-state index is 0.0855. The van der Waals surface area contributed by atoms with Gasteiger partial charge in [0.1, 0.15) is 11.7 Å². The highest BCUT2D eigenvalue weighted by molar-refractivity contribution is 5.90. The second-order valence-corrected chi connectivity index (χ2v) is 7.99. The number of hydrogen-bond acceptors (Lipinski definition) is 7. The Kier molecular flexibility index (Phi) is 4.35. The van der Waals surface area contributed by atoms with E-state index in [1.807, 2.05) is 22.8 Å². The molecule has 0 unspecified atom stereocenters. The van der Waals surface area contributed by atoms with Crippen molar-refractivity contribution in [3.05, 3.63) is 71.5 Å². The highest BCUT2D eigenvalue weighted by Gasteiger charge is 2.38. The zero-order valence-electron chi connectivity index (χ0n) is 18.1. The molecule has 33 heavy (non-hydrogen) atoms. The van der Waals surface area contributed by atoms with Crippen LogP contribution in [0.3, 0.4) is 0 Å². The minimum Gasteiger partial charge on any atom is -0.411 e. The number of nitrogens with one attached hydrogen (secondary N) is 1. The van der Waals surface area contributed by atoms with Crippen molar-refractivity contribution < 1.29 is 9.21 Å². The van der Waals surface area contributed by atoms with Gasteiger partial charge in [-0.3, -0.25) is 9.48 Å². The molecule has 1 aliphatic rings. The molecule has 0 aliphatic carbocycles. The van der Waals surface area contributed by atoms with Crippen molar-refractivity contribution in [1.29, 1.82) is 0 Å². The van der Waals surface area contributed by atoms with Crippen LogP contribution < -0.4 is 0 Å². The molecular weight excluding hydrogens is 422 g/mol. The van der Waals surface area contributed by atoms with Gasteiger partial charge in [0.25, 0.3) is 5.89 Å². The Balaban J connectivity index is 1.41. The molecule has 0 saturated carbocycles. The van der Waals surface area contributed by atoms with Crippen molar-refractivity contribution in [2.45, 2.75) is 25.8 Å². The molecule has 1 N–H and O–H groups in total. The SMILES string of the molecule is CCc1cccn2nc([C@H]3c4nc[nH]c4CCN3C(=O)c3nnc(-c4ccn(C)n4)o3)cc12. The standard InChI is InChI=1S/C22H21N9O2/c1-3-13-5-4-8-31-17(13)11-16(28-31)19-18-14(23-12-24-18)7-10-30(19)22(32)21-26-25-20(33-21)15-6-9-29(2)27-15/h4-6,8-9,11-12,19H,3,7,10H2,1-2H3,(H,23,24)/t19-/m0/s1. The van der Waals surface area contributed by atoms with E-state index in [9.17, 15) is 4.79 Å². The third-order valence-electron chi connectivity index (χ3n) is 6.00. The van der Waals surface area contributed by atoms with Crippen LogP contribution in [0.1, 0.15) is 46.3 Å². The van der Waals surface area contributed by atoms with Crippen LogP contribution in [-0.4, -0.2) is 56.9 Å². The van der Waals surface area contributed by atoms with Gasteiger partial charge in [-0.1, -0.05) is 13.0 Å². The van der Waals surface area contributed by atoms with Crippen LogP contribution in [0.5, 0.6) is 0 Å². The van der Waals surface area contributed by atoms with Gasteiger partial charge in [0, 0.05) is 38.1 Å². The third kappa shape index (κ3) is 3.12. The fourth-order valence-electron chi connectivity index (χ4n) is 4.39. The molecule has 0 bridgehead atoms. The molecule has 1 amide bonds. The average molecular weight is 443 g/mol. The summed E-state index contributed by atoms with van der Waals surface area (Å²) in [5.41, 5.74) is 5.23. The van der Waals surface area contributed by atoms with Gasteiger partial charge >= 0.3 is 11.8 Å². The lowest BCUT2D eigenvalue weighted by Gasteiger charge is -2.32. The minimum atomic E-state index is -0.470. The molecule has 5 aromatic heterocycles. The summed E-state index contributed by atoms with van der Waals surface area (Å²) >= 11 is 0. The van der Waals surface area contributed by atoms with Crippen molar-refractivity contribution in [2.75, 3.05) is 6.54 Å². The van der Waals surface area contributed by atoms with Gasteiger partial charge in [-0.05, 0) is 30.2 Å². The second-order valence-electron chi connectivity index (χ2n) is 7.99. The van der Waals surface area contributed by atoms with Crippen molar-refractivity contribution in [1.82, 2.24) is 44.5 Å². The van der Waals surface area contributed by atoms with Crippen LogP contribution in [0.2, 0.25) is 0 Å². The summed E-state index contributed by atoms with van der Waals surface area (Å²) in [4.78, 5) is 23.0. The number of nitrogens with zero attached hydrogens (tertiary/aromatic N) is 8. The molecule has 0 aromatic carbocycles. The highest BCUT2D eigenvalue weighted by Crippen LogP contribution is 2.34. The van der Waals surface area contributed by atoms with Crippen molar-refractivity contribution in [3.63, 3.8) is 0 Å². The van der Waals surface area contributed by atoms with Crippen molar-refractivity contribution in [2.24, 2.45) is 7.05 Å². The molecule has 0 spiro atoms. The van der Waals surface area contributed by atoms with Gasteiger partial charge in [0.15, 0.2) is 0 Å². The van der Waals surface area contributed by atoms with E-state index in [1.54, 1.807) is 35.2 Å². The smallest absolute Gasteiger partial charge is 0.312 e. The predicted octanol–water partition coefficient (Wildman–Crippen LogP) is 2.19. The van der Waals surface area contributed by atoms with E-state index in [0.717, 1.165) is 29.0 Å². The second kappa shape index (κ2) is 7.40. The Hall–Kier alpha value is -4.28. The van der Waals surface area contributed by atoms with Crippen molar-refractivity contribution >= 4 is 11.4 Å². The number of carbonyl (C=O) groups is 1. The first kappa shape index (κ1) is 19.4. The number of pyridine rings is 1. The molecule has 5 aromatic rings. The van der Waals surface area contributed by atoms with Gasteiger partial charge in [0.05, 0.1) is 23.2 Å². The number of carbonyl (C=O) groups excluding carboxylic acids is 1. The van der Waals surface area contributed by atoms with Crippen LogP contribution in [0.15, 0.2) is 47.4 Å². The molecule has 6 heterocycles. The predicted molar refractivity (Wildman–Crippen MR) is 116 cm³/mol. The molecule has 0 saturated heterocycles. The van der Waals surface area contributed by atoms with Gasteiger partial charge in [-0.25, -0.2) is 9.50 Å². The summed E-state index contributed by atoms with van der Waals surface area (Å²) in [5.74, 6) is -0.248. The molecule has 166 valence electrons. The van der Waals surface area contributed by atoms with E-state index in [-0.39, 0.29) is 17.7 Å². The maximum absolute atomic E-state index is 13.5. The van der Waals surface area contributed by atoms with Gasteiger partial charge in [-0.15, -0.1) is 10.2 Å². The summed E-state index contributed by atoms with van der Waals surface area (Å²) in [6.07, 6.45) is 6.87. The monoisotopic (exact) mass is 443 g/mol. The Morgan fingerprint density at radius 1 is 1.24 bits per heavy atom. The normalized spacial score (nSPS) is 15.8. The van der Waals surface area contributed by atoms with E-state index >= 15 is 0 Å². The summed E-state index contributed by atoms with van der Waals surface area (Å²) < 4.78 is 9.19. The van der Waals surface area contributed by atoms with Crippen LogP contribution in [-0.2, 0) is 19.9 Å². The molecule has 0 fully saturated rings. The van der Waals surface area contributed by atoms with Gasteiger partial charge in [0.2, 0.25) is 0 Å². The number of hydrogen-bond donors (Lipinski definition) is 1. The molecule has 11 nitrogen and oxygen atoms in total. The third-order valence-corrected chi connectivity index (χ3v) is 6.00. The molecule has 0 radical (unpaired) electrons. The summed E-state index contributed by atoms with van der Waals surface area (Å²) in [7, 11) is 1.80. The van der Waals surface area contributed by atoms with Crippen molar-refractivity contribution in [3.8, 4) is 11.6 Å². The highest BCUT2D eigenvalue weighted by atomic mass is 16.4. The first-order valence-corrected chi connectivity index (χ1v) is 10.8. The lowest BCUT2D eigenvalue weighted by Crippen LogP contribution is -2.41. The largest absolute Gasteiger partial charge is 0.411 e. The Morgan fingerprint density at radius 2 is 2.15 bits per heavy atom. The van der Waals surface area contributed by atoms with Crippen LogP contribution >= 0.6 is 0 Å². The van der Waals surface area contributed by atoms with Crippen LogP contribution in [0.4, 0.5) is 0 Å². The molecule has 6 rings (SSSR count). The maximum atomic E-state index is 13.5. The number of rotatable bonds is 4. The van der Waals surface area contributed by atoms with Crippen LogP contribution in [0, 0.1) is 0 Å². The Bertz CT molecular complexity index is 1470. The average Bonchev–Trinajstić information content (AvgIpc) is 3.62. The number of aromatic nitrogens is 8. The summed E-state index contributed by atoms with van der Waals surface area (Å²) in [6, 6.07) is 7.37. The van der Waals surface area contributed by atoms with E-state index < -0.39 is 6.04 Å². The van der Waals surface area contributed by atoms with E-state index in [0.29, 0.717) is 18.7 Å². The molecule has 11 heteroatoms. The van der Waals surface area contributed by atoms with Gasteiger partial charge < -0.3 is 14.3 Å². The zero-order chi connectivity index (χ0) is 22.5. The topological polar surface area (TPSA) is 123 Å². The molecular formula is C22H21N9O2. The zero-order valence-corrected chi connectivity index (χ0v) is 18.1.